The summed E-state index contributed by atoms with van der Waals surface area (Å²) >= 11 is 5.91. The number of carbonyl (C=O) groups is 1. The quantitative estimate of drug-likeness (QED) is 0.873. The maximum atomic E-state index is 11.9. The van der Waals surface area contributed by atoms with Gasteiger partial charge in [0.1, 0.15) is 6.10 Å². The largest absolute Gasteiger partial charge is 0.368 e. The van der Waals surface area contributed by atoms with Crippen LogP contribution in [-0.4, -0.2) is 27.0 Å². The summed E-state index contributed by atoms with van der Waals surface area (Å²) < 4.78 is 27.7. The molecule has 3 N–H and O–H groups in total. The number of sulfonamides is 1. The Kier molecular flexibility index (Phi) is 4.10. The molecule has 0 aliphatic carbocycles. The van der Waals surface area contributed by atoms with Gasteiger partial charge in [-0.1, -0.05) is 11.6 Å². The van der Waals surface area contributed by atoms with E-state index in [1.54, 1.807) is 0 Å². The van der Waals surface area contributed by atoms with E-state index >= 15 is 0 Å². The molecule has 8 heteroatoms. The van der Waals surface area contributed by atoms with Crippen molar-refractivity contribution in [1.29, 1.82) is 0 Å². The maximum Gasteiger partial charge on any atom is 0.253 e. The van der Waals surface area contributed by atoms with Crippen molar-refractivity contribution >= 4 is 33.2 Å². The number of hydrogen-bond donors (Lipinski definition) is 2. The molecule has 104 valence electrons. The van der Waals surface area contributed by atoms with Gasteiger partial charge in [0.2, 0.25) is 10.0 Å². The van der Waals surface area contributed by atoms with Gasteiger partial charge in [0.15, 0.2) is 0 Å². The van der Waals surface area contributed by atoms with Crippen molar-refractivity contribution in [2.75, 3.05) is 11.9 Å². The Morgan fingerprint density at radius 1 is 1.47 bits per heavy atom. The molecule has 19 heavy (non-hydrogen) atoms. The van der Waals surface area contributed by atoms with Crippen LogP contribution in [0.4, 0.5) is 5.69 Å². The van der Waals surface area contributed by atoms with E-state index in [0.29, 0.717) is 13.0 Å². The molecule has 1 unspecified atom stereocenters. The maximum absolute atomic E-state index is 11.9. The predicted molar refractivity (Wildman–Crippen MR) is 70.4 cm³/mol. The Bertz CT molecular complexity index is 597. The molecule has 1 amide bonds. The van der Waals surface area contributed by atoms with E-state index in [1.165, 1.54) is 18.2 Å². The van der Waals surface area contributed by atoms with Crippen LogP contribution in [0.2, 0.25) is 5.02 Å². The molecule has 1 heterocycles. The van der Waals surface area contributed by atoms with Gasteiger partial charge in [-0.25, -0.2) is 13.6 Å². The average molecular weight is 305 g/mol. The van der Waals surface area contributed by atoms with Crippen molar-refractivity contribution in [2.45, 2.75) is 23.8 Å². The first-order chi connectivity index (χ1) is 8.88. The first kappa shape index (κ1) is 14.3. The van der Waals surface area contributed by atoms with E-state index in [0.717, 1.165) is 6.42 Å². The third-order valence-electron chi connectivity index (χ3n) is 2.75. The van der Waals surface area contributed by atoms with Crippen LogP contribution in [0.25, 0.3) is 0 Å². The average Bonchev–Trinajstić information content (AvgIpc) is 2.84. The fourth-order valence-corrected chi connectivity index (χ4v) is 2.48. The molecule has 1 aromatic carbocycles. The lowest BCUT2D eigenvalue weighted by Crippen LogP contribution is -2.27. The molecule has 1 saturated heterocycles. The zero-order chi connectivity index (χ0) is 14.0. The number of hydrogen-bond acceptors (Lipinski definition) is 4. The minimum absolute atomic E-state index is 0.112. The van der Waals surface area contributed by atoms with Crippen LogP contribution >= 0.6 is 11.6 Å². The summed E-state index contributed by atoms with van der Waals surface area (Å²) in [7, 11) is -3.84. The third-order valence-corrected chi connectivity index (χ3v) is 3.99. The van der Waals surface area contributed by atoms with E-state index < -0.39 is 16.1 Å². The summed E-state index contributed by atoms with van der Waals surface area (Å²) in [4.78, 5) is 11.7. The summed E-state index contributed by atoms with van der Waals surface area (Å²) in [6, 6.07) is 3.87. The number of carbonyl (C=O) groups excluding carboxylic acids is 1. The molecule has 2 rings (SSSR count). The molecule has 0 saturated carbocycles. The molecular weight excluding hydrogens is 292 g/mol. The zero-order valence-electron chi connectivity index (χ0n) is 9.93. The lowest BCUT2D eigenvalue weighted by Gasteiger charge is -2.12. The Hall–Kier alpha value is -1.15. The third kappa shape index (κ3) is 3.44. The van der Waals surface area contributed by atoms with E-state index in [9.17, 15) is 13.2 Å². The highest BCUT2D eigenvalue weighted by Crippen LogP contribution is 2.25. The van der Waals surface area contributed by atoms with Crippen molar-refractivity contribution < 1.29 is 17.9 Å². The fraction of sp³-hybridized carbons (Fsp3) is 0.364. The Morgan fingerprint density at radius 3 is 2.79 bits per heavy atom. The van der Waals surface area contributed by atoms with Gasteiger partial charge in [-0.2, -0.15) is 0 Å². The number of anilines is 1. The van der Waals surface area contributed by atoms with Crippen molar-refractivity contribution in [3.8, 4) is 0 Å². The van der Waals surface area contributed by atoms with Crippen molar-refractivity contribution in [3.63, 3.8) is 0 Å². The molecule has 0 aromatic heterocycles. The highest BCUT2D eigenvalue weighted by Gasteiger charge is 2.24. The summed E-state index contributed by atoms with van der Waals surface area (Å²) in [5, 5.41) is 7.80. The van der Waals surface area contributed by atoms with Gasteiger partial charge in [0, 0.05) is 6.61 Å². The van der Waals surface area contributed by atoms with Crippen molar-refractivity contribution in [2.24, 2.45) is 5.14 Å². The molecule has 1 aliphatic rings. The van der Waals surface area contributed by atoms with Gasteiger partial charge in [-0.15, -0.1) is 0 Å². The minimum Gasteiger partial charge on any atom is -0.368 e. The highest BCUT2D eigenvalue weighted by atomic mass is 35.5. The number of ether oxygens (including phenoxy) is 1. The predicted octanol–water partition coefficient (Wildman–Crippen LogP) is 1.10. The van der Waals surface area contributed by atoms with Crippen LogP contribution in [0.3, 0.4) is 0 Å². The van der Waals surface area contributed by atoms with Crippen LogP contribution in [-0.2, 0) is 19.6 Å². The number of halogens is 1. The van der Waals surface area contributed by atoms with E-state index in [-0.39, 0.29) is 21.5 Å². The van der Waals surface area contributed by atoms with Gasteiger partial charge >= 0.3 is 0 Å². The summed E-state index contributed by atoms with van der Waals surface area (Å²) in [5.74, 6) is -0.342. The lowest BCUT2D eigenvalue weighted by atomic mass is 10.2. The number of nitrogens with two attached hydrogens (primary N) is 1. The Balaban J connectivity index is 2.22. The van der Waals surface area contributed by atoms with Crippen molar-refractivity contribution in [1.82, 2.24) is 0 Å². The summed E-state index contributed by atoms with van der Waals surface area (Å²) in [5.41, 5.74) is 0.202. The van der Waals surface area contributed by atoms with E-state index in [2.05, 4.69) is 5.32 Å². The van der Waals surface area contributed by atoms with E-state index in [1.807, 2.05) is 0 Å². The van der Waals surface area contributed by atoms with Gasteiger partial charge in [-0.3, -0.25) is 4.79 Å². The molecular formula is C11H13ClN2O4S. The smallest absolute Gasteiger partial charge is 0.253 e. The van der Waals surface area contributed by atoms with Crippen LogP contribution in [0.1, 0.15) is 12.8 Å². The molecule has 1 atom stereocenters. The monoisotopic (exact) mass is 304 g/mol. The number of nitrogens with one attached hydrogen (secondary N) is 1. The Labute approximate surface area is 115 Å². The fourth-order valence-electron chi connectivity index (χ4n) is 1.77. The standard InChI is InChI=1S/C11H13ClN2O4S/c12-8-4-3-7(19(13,16)17)6-9(8)14-11(15)10-2-1-5-18-10/h3-4,6,10H,1-2,5H2,(H,14,15)(H2,13,16,17). The van der Waals surface area contributed by atoms with Crippen LogP contribution in [0.15, 0.2) is 23.1 Å². The van der Waals surface area contributed by atoms with Gasteiger partial charge in [0.25, 0.3) is 5.91 Å². The second-order valence-electron chi connectivity index (χ2n) is 4.18. The number of amides is 1. The SMILES string of the molecule is NS(=O)(=O)c1ccc(Cl)c(NC(=O)C2CCCO2)c1. The molecule has 0 radical (unpaired) electrons. The van der Waals surface area contributed by atoms with Gasteiger partial charge in [0.05, 0.1) is 15.6 Å². The summed E-state index contributed by atoms with van der Waals surface area (Å²) in [6.45, 7) is 0.545. The lowest BCUT2D eigenvalue weighted by molar-refractivity contribution is -0.124. The van der Waals surface area contributed by atoms with Gasteiger partial charge in [-0.05, 0) is 31.0 Å². The molecule has 1 fully saturated rings. The van der Waals surface area contributed by atoms with Crippen LogP contribution in [0.5, 0.6) is 0 Å². The topological polar surface area (TPSA) is 98.5 Å². The number of benzene rings is 1. The first-order valence-corrected chi connectivity index (χ1v) is 7.55. The van der Waals surface area contributed by atoms with Crippen LogP contribution in [0, 0.1) is 0 Å². The normalized spacial score (nSPS) is 19.4. The molecule has 6 nitrogen and oxygen atoms in total. The number of rotatable bonds is 3. The molecule has 0 spiro atoms. The molecule has 0 bridgehead atoms. The van der Waals surface area contributed by atoms with E-state index in [4.69, 9.17) is 21.5 Å². The van der Waals surface area contributed by atoms with Crippen LogP contribution < -0.4 is 10.5 Å². The second kappa shape index (κ2) is 5.46. The Morgan fingerprint density at radius 2 is 2.21 bits per heavy atom. The first-order valence-electron chi connectivity index (χ1n) is 5.63. The minimum atomic E-state index is -3.84. The second-order valence-corrected chi connectivity index (χ2v) is 6.15. The highest BCUT2D eigenvalue weighted by molar-refractivity contribution is 7.89. The molecule has 1 aliphatic heterocycles. The molecule has 1 aromatic rings. The van der Waals surface area contributed by atoms with Gasteiger partial charge < -0.3 is 10.1 Å². The number of primary sulfonamides is 1. The van der Waals surface area contributed by atoms with Crippen molar-refractivity contribution in [3.05, 3.63) is 23.2 Å². The summed E-state index contributed by atoms with van der Waals surface area (Å²) in [6.07, 6.45) is 0.940. The zero-order valence-corrected chi connectivity index (χ0v) is 11.5.